The molecule has 1 atom stereocenters. The smallest absolute Gasteiger partial charge is 0.0988 e. The summed E-state index contributed by atoms with van der Waals surface area (Å²) in [5.41, 5.74) is 0.751. The van der Waals surface area contributed by atoms with Gasteiger partial charge in [0.15, 0.2) is 0 Å². The zero-order valence-electron chi connectivity index (χ0n) is 9.93. The first kappa shape index (κ1) is 13.0. The standard InChI is InChI=1S/C13H21NO2/c1-16-13-11-9-7-5-3-2-4-6-8-10-12(13)14-15/h4-7,13,15H,2-3,8-11H2,1H3/b6-4-,7-5-,14-12?. The molecule has 1 N–H and O–H groups in total. The van der Waals surface area contributed by atoms with Gasteiger partial charge in [0.05, 0.1) is 11.8 Å². The van der Waals surface area contributed by atoms with Gasteiger partial charge in [-0.2, -0.15) is 0 Å². The molecule has 16 heavy (non-hydrogen) atoms. The highest BCUT2D eigenvalue weighted by atomic mass is 16.5. The van der Waals surface area contributed by atoms with Crippen LogP contribution in [-0.2, 0) is 4.74 Å². The number of nitrogens with zero attached hydrogens (tertiary/aromatic N) is 1. The second kappa shape index (κ2) is 8.11. The summed E-state index contributed by atoms with van der Waals surface area (Å²) in [6.45, 7) is 0. The highest BCUT2D eigenvalue weighted by molar-refractivity contribution is 5.88. The van der Waals surface area contributed by atoms with Gasteiger partial charge in [-0.3, -0.25) is 0 Å². The molecule has 1 aliphatic carbocycles. The molecule has 1 aliphatic rings. The summed E-state index contributed by atoms with van der Waals surface area (Å²) in [5.74, 6) is 0. The molecule has 1 rings (SSSR count). The molecule has 0 radical (unpaired) electrons. The molecule has 0 aromatic heterocycles. The molecule has 90 valence electrons. The SMILES string of the molecule is COC1CC/C=C\CC/C=C\CCC1=NO. The van der Waals surface area contributed by atoms with E-state index in [4.69, 9.17) is 9.94 Å². The summed E-state index contributed by atoms with van der Waals surface area (Å²) in [7, 11) is 1.67. The Kier molecular flexibility index (Phi) is 6.58. The van der Waals surface area contributed by atoms with Crippen LogP contribution in [0.15, 0.2) is 29.5 Å². The third kappa shape index (κ3) is 4.62. The molecular formula is C13H21NO2. The highest BCUT2D eigenvalue weighted by Crippen LogP contribution is 2.11. The minimum absolute atomic E-state index is 0.0533. The summed E-state index contributed by atoms with van der Waals surface area (Å²) in [4.78, 5) is 0. The number of allylic oxidation sites excluding steroid dienone is 4. The second-order valence-corrected chi connectivity index (χ2v) is 3.95. The van der Waals surface area contributed by atoms with Crippen LogP contribution in [0, 0.1) is 0 Å². The van der Waals surface area contributed by atoms with E-state index in [0.717, 1.165) is 44.2 Å². The number of hydrogen-bond donors (Lipinski definition) is 1. The number of rotatable bonds is 1. The topological polar surface area (TPSA) is 41.8 Å². The number of methoxy groups -OCH3 is 1. The molecule has 0 bridgehead atoms. The molecule has 0 fully saturated rings. The van der Waals surface area contributed by atoms with Gasteiger partial charge < -0.3 is 9.94 Å². The molecule has 0 saturated carbocycles. The van der Waals surface area contributed by atoms with Gasteiger partial charge in [0, 0.05) is 7.11 Å². The minimum Gasteiger partial charge on any atom is -0.411 e. The van der Waals surface area contributed by atoms with Crippen LogP contribution in [0.1, 0.15) is 38.5 Å². The summed E-state index contributed by atoms with van der Waals surface area (Å²) in [5, 5.41) is 12.3. The second-order valence-electron chi connectivity index (χ2n) is 3.95. The van der Waals surface area contributed by atoms with Crippen LogP contribution < -0.4 is 0 Å². The van der Waals surface area contributed by atoms with Gasteiger partial charge >= 0.3 is 0 Å². The maximum Gasteiger partial charge on any atom is 0.0988 e. The van der Waals surface area contributed by atoms with Crippen LogP contribution in [0.2, 0.25) is 0 Å². The lowest BCUT2D eigenvalue weighted by Crippen LogP contribution is -2.23. The van der Waals surface area contributed by atoms with Crippen LogP contribution in [0.4, 0.5) is 0 Å². The molecule has 0 aromatic carbocycles. The number of ether oxygens (including phenoxy) is 1. The van der Waals surface area contributed by atoms with E-state index in [-0.39, 0.29) is 6.10 Å². The van der Waals surface area contributed by atoms with Crippen molar-refractivity contribution in [3.8, 4) is 0 Å². The molecule has 0 spiro atoms. The molecule has 3 heteroatoms. The van der Waals surface area contributed by atoms with E-state index in [1.165, 1.54) is 0 Å². The maximum atomic E-state index is 8.96. The summed E-state index contributed by atoms with van der Waals surface area (Å²) < 4.78 is 5.35. The Morgan fingerprint density at radius 2 is 1.75 bits per heavy atom. The third-order valence-electron chi connectivity index (χ3n) is 2.78. The fourth-order valence-electron chi connectivity index (χ4n) is 1.84. The lowest BCUT2D eigenvalue weighted by atomic mass is 10.0. The first-order valence-corrected chi connectivity index (χ1v) is 5.92. The third-order valence-corrected chi connectivity index (χ3v) is 2.78. The Morgan fingerprint density at radius 1 is 1.12 bits per heavy atom. The number of oxime groups is 1. The predicted octanol–water partition coefficient (Wildman–Crippen LogP) is 3.30. The van der Waals surface area contributed by atoms with E-state index in [9.17, 15) is 0 Å². The Hall–Kier alpha value is -1.09. The molecule has 0 amide bonds. The summed E-state index contributed by atoms with van der Waals surface area (Å²) in [6, 6.07) is 0. The largest absolute Gasteiger partial charge is 0.411 e. The van der Waals surface area contributed by atoms with Gasteiger partial charge in [0.2, 0.25) is 0 Å². The Balaban J connectivity index is 2.61. The number of hydrogen-bond acceptors (Lipinski definition) is 3. The average molecular weight is 223 g/mol. The van der Waals surface area contributed by atoms with Crippen molar-refractivity contribution in [1.29, 1.82) is 0 Å². The first-order chi connectivity index (χ1) is 7.88. The summed E-state index contributed by atoms with van der Waals surface area (Å²) in [6.07, 6.45) is 14.4. The van der Waals surface area contributed by atoms with E-state index >= 15 is 0 Å². The fourth-order valence-corrected chi connectivity index (χ4v) is 1.84. The molecule has 0 aromatic rings. The zero-order valence-corrected chi connectivity index (χ0v) is 9.93. The maximum absolute atomic E-state index is 8.96. The van der Waals surface area contributed by atoms with Gasteiger partial charge in [-0.25, -0.2) is 0 Å². The van der Waals surface area contributed by atoms with Crippen molar-refractivity contribution in [3.05, 3.63) is 24.3 Å². The predicted molar refractivity (Wildman–Crippen MR) is 66.0 cm³/mol. The van der Waals surface area contributed by atoms with Crippen molar-refractivity contribution in [2.75, 3.05) is 7.11 Å². The van der Waals surface area contributed by atoms with Crippen LogP contribution >= 0.6 is 0 Å². The van der Waals surface area contributed by atoms with E-state index in [1.807, 2.05) is 0 Å². The lowest BCUT2D eigenvalue weighted by molar-refractivity contribution is 0.143. The quantitative estimate of drug-likeness (QED) is 0.421. The van der Waals surface area contributed by atoms with Crippen molar-refractivity contribution < 1.29 is 9.94 Å². The molecule has 0 saturated heterocycles. The minimum atomic E-state index is -0.0533. The van der Waals surface area contributed by atoms with E-state index in [1.54, 1.807) is 7.11 Å². The zero-order chi connectivity index (χ0) is 11.6. The van der Waals surface area contributed by atoms with Crippen LogP contribution in [0.3, 0.4) is 0 Å². The van der Waals surface area contributed by atoms with Crippen molar-refractivity contribution in [1.82, 2.24) is 0 Å². The monoisotopic (exact) mass is 223 g/mol. The van der Waals surface area contributed by atoms with Gasteiger partial charge in [0.25, 0.3) is 0 Å². The van der Waals surface area contributed by atoms with Crippen LogP contribution in [0.25, 0.3) is 0 Å². The van der Waals surface area contributed by atoms with Crippen molar-refractivity contribution in [2.45, 2.75) is 44.6 Å². The van der Waals surface area contributed by atoms with E-state index in [0.29, 0.717) is 0 Å². The van der Waals surface area contributed by atoms with Crippen molar-refractivity contribution in [2.24, 2.45) is 5.16 Å². The molecule has 1 unspecified atom stereocenters. The highest BCUT2D eigenvalue weighted by Gasteiger charge is 2.14. The van der Waals surface area contributed by atoms with Gasteiger partial charge in [-0.1, -0.05) is 29.5 Å². The molecule has 0 heterocycles. The van der Waals surface area contributed by atoms with Gasteiger partial charge in [0.1, 0.15) is 0 Å². The van der Waals surface area contributed by atoms with Crippen LogP contribution in [-0.4, -0.2) is 24.1 Å². The van der Waals surface area contributed by atoms with E-state index in [2.05, 4.69) is 29.5 Å². The Labute approximate surface area is 97.5 Å². The van der Waals surface area contributed by atoms with Gasteiger partial charge in [-0.05, 0) is 38.5 Å². The fraction of sp³-hybridized carbons (Fsp3) is 0.615. The first-order valence-electron chi connectivity index (χ1n) is 5.92. The van der Waals surface area contributed by atoms with Crippen molar-refractivity contribution >= 4 is 5.71 Å². The molecule has 0 aliphatic heterocycles. The molecular weight excluding hydrogens is 202 g/mol. The van der Waals surface area contributed by atoms with Gasteiger partial charge in [-0.15, -0.1) is 0 Å². The van der Waals surface area contributed by atoms with E-state index < -0.39 is 0 Å². The average Bonchev–Trinajstić information content (AvgIpc) is 2.30. The Morgan fingerprint density at radius 3 is 2.38 bits per heavy atom. The van der Waals surface area contributed by atoms with Crippen LogP contribution in [0.5, 0.6) is 0 Å². The normalized spacial score (nSPS) is 30.3. The Bertz CT molecular complexity index is 269. The lowest BCUT2D eigenvalue weighted by Gasteiger charge is -2.15. The van der Waals surface area contributed by atoms with Crippen molar-refractivity contribution in [3.63, 3.8) is 0 Å². The molecule has 3 nitrogen and oxygen atoms in total. The summed E-state index contributed by atoms with van der Waals surface area (Å²) >= 11 is 0.